The number of ether oxygens (including phenoxy) is 1. The Labute approximate surface area is 171 Å². The van der Waals surface area contributed by atoms with Crippen molar-refractivity contribution in [2.75, 3.05) is 6.61 Å². The van der Waals surface area contributed by atoms with Crippen molar-refractivity contribution in [3.05, 3.63) is 76.3 Å². The number of amides is 2. The fourth-order valence-electron chi connectivity index (χ4n) is 1.92. The summed E-state index contributed by atoms with van der Waals surface area (Å²) in [4.78, 5) is 24.2. The third-order valence-electron chi connectivity index (χ3n) is 3.18. The smallest absolute Gasteiger partial charge is 0.269 e. The maximum absolute atomic E-state index is 12.1. The molecule has 0 saturated carbocycles. The molecule has 0 aliphatic carbocycles. The summed E-state index contributed by atoms with van der Waals surface area (Å²) in [7, 11) is 0. The monoisotopic (exact) mass is 423 g/mol. The molecule has 2 aromatic rings. The molecule has 0 radical (unpaired) electrons. The van der Waals surface area contributed by atoms with Crippen LogP contribution in [-0.4, -0.2) is 23.5 Å². The number of hydrazine groups is 1. The van der Waals surface area contributed by atoms with Crippen LogP contribution in [0.4, 0.5) is 0 Å². The van der Waals surface area contributed by atoms with Gasteiger partial charge < -0.3 is 4.74 Å². The largest absolute Gasteiger partial charge is 0.490 e. The van der Waals surface area contributed by atoms with E-state index in [0.29, 0.717) is 22.9 Å². The van der Waals surface area contributed by atoms with Crippen molar-refractivity contribution in [2.24, 2.45) is 0 Å². The molecule has 0 saturated heterocycles. The fourth-order valence-corrected chi connectivity index (χ4v) is 2.56. The Morgan fingerprint density at radius 1 is 1.07 bits per heavy atom. The molecule has 27 heavy (non-hydrogen) atoms. The van der Waals surface area contributed by atoms with Crippen molar-refractivity contribution in [3.8, 4) is 5.75 Å². The molecule has 3 N–H and O–H groups in total. The SMILES string of the molecule is C=CCOc1ccc(C(=O)NNC(=S)NC(=O)c2ccc(Cl)cc2Cl)cc1. The van der Waals surface area contributed by atoms with E-state index in [2.05, 4.69) is 22.7 Å². The van der Waals surface area contributed by atoms with Gasteiger partial charge in [-0.05, 0) is 54.7 Å². The number of halogens is 2. The van der Waals surface area contributed by atoms with E-state index in [0.717, 1.165) is 0 Å². The Balaban J connectivity index is 1.86. The lowest BCUT2D eigenvalue weighted by Gasteiger charge is -2.12. The second-order valence-corrected chi connectivity index (χ2v) is 6.36. The Bertz CT molecular complexity index is 873. The normalized spacial score (nSPS) is 9.85. The molecule has 0 fully saturated rings. The first kappa shape index (κ1) is 20.7. The zero-order valence-electron chi connectivity index (χ0n) is 13.9. The highest BCUT2D eigenvalue weighted by molar-refractivity contribution is 7.80. The number of nitrogens with one attached hydrogen (secondary N) is 3. The van der Waals surface area contributed by atoms with Gasteiger partial charge in [0.05, 0.1) is 10.6 Å². The highest BCUT2D eigenvalue weighted by Gasteiger charge is 2.13. The number of carbonyl (C=O) groups excluding carboxylic acids is 2. The molecule has 0 unspecified atom stereocenters. The second kappa shape index (κ2) is 9.91. The molecule has 0 heterocycles. The van der Waals surface area contributed by atoms with Gasteiger partial charge in [-0.1, -0.05) is 35.9 Å². The molecule has 0 aromatic heterocycles. The van der Waals surface area contributed by atoms with Crippen molar-refractivity contribution < 1.29 is 14.3 Å². The number of benzene rings is 2. The van der Waals surface area contributed by atoms with Crippen molar-refractivity contribution in [1.29, 1.82) is 0 Å². The van der Waals surface area contributed by atoms with E-state index in [1.54, 1.807) is 30.3 Å². The van der Waals surface area contributed by atoms with Crippen LogP contribution in [0.25, 0.3) is 0 Å². The fraction of sp³-hybridized carbons (Fsp3) is 0.0556. The van der Waals surface area contributed by atoms with Gasteiger partial charge in [0.1, 0.15) is 12.4 Å². The number of hydrogen-bond acceptors (Lipinski definition) is 4. The highest BCUT2D eigenvalue weighted by atomic mass is 35.5. The van der Waals surface area contributed by atoms with E-state index in [1.807, 2.05) is 0 Å². The summed E-state index contributed by atoms with van der Waals surface area (Å²) in [6.45, 7) is 3.93. The number of carbonyl (C=O) groups is 2. The predicted octanol–water partition coefficient (Wildman–Crippen LogP) is 3.51. The summed E-state index contributed by atoms with van der Waals surface area (Å²) in [6, 6.07) is 10.9. The molecule has 9 heteroatoms. The van der Waals surface area contributed by atoms with Crippen LogP contribution in [0.3, 0.4) is 0 Å². The van der Waals surface area contributed by atoms with E-state index in [-0.39, 0.29) is 15.7 Å². The van der Waals surface area contributed by atoms with Crippen molar-refractivity contribution in [3.63, 3.8) is 0 Å². The van der Waals surface area contributed by atoms with Crippen LogP contribution in [0.1, 0.15) is 20.7 Å². The molecule has 2 amide bonds. The first-order valence-electron chi connectivity index (χ1n) is 7.61. The summed E-state index contributed by atoms with van der Waals surface area (Å²) < 4.78 is 5.34. The minimum absolute atomic E-state index is 0.0923. The third kappa shape index (κ3) is 6.25. The topological polar surface area (TPSA) is 79.5 Å². The Hall–Kier alpha value is -2.61. The number of hydrogen-bond donors (Lipinski definition) is 3. The van der Waals surface area contributed by atoms with E-state index in [4.69, 9.17) is 40.2 Å². The van der Waals surface area contributed by atoms with Crippen LogP contribution >= 0.6 is 35.4 Å². The molecule has 6 nitrogen and oxygen atoms in total. The summed E-state index contributed by atoms with van der Waals surface area (Å²) in [5.41, 5.74) is 5.41. The second-order valence-electron chi connectivity index (χ2n) is 5.11. The molecule has 0 aliphatic rings. The lowest BCUT2D eigenvalue weighted by atomic mass is 10.2. The van der Waals surface area contributed by atoms with E-state index < -0.39 is 11.8 Å². The van der Waals surface area contributed by atoms with E-state index in [1.165, 1.54) is 18.2 Å². The zero-order valence-corrected chi connectivity index (χ0v) is 16.3. The molecule has 2 rings (SSSR count). The lowest BCUT2D eigenvalue weighted by Crippen LogP contribution is -2.48. The standard InChI is InChI=1S/C18H15Cl2N3O3S/c1-2-9-26-13-6-3-11(4-7-13)16(24)22-23-18(27)21-17(25)14-8-5-12(19)10-15(14)20/h2-8,10H,1,9H2,(H,22,24)(H2,21,23,25,27). The molecule has 0 aliphatic heterocycles. The Kier molecular flexibility index (Phi) is 7.60. The Morgan fingerprint density at radius 2 is 1.78 bits per heavy atom. The lowest BCUT2D eigenvalue weighted by molar-refractivity contribution is 0.0934. The zero-order chi connectivity index (χ0) is 19.8. The summed E-state index contributed by atoms with van der Waals surface area (Å²) in [6.07, 6.45) is 1.62. The van der Waals surface area contributed by atoms with Gasteiger partial charge in [-0.15, -0.1) is 0 Å². The molecule has 0 bridgehead atoms. The summed E-state index contributed by atoms with van der Waals surface area (Å²) in [5, 5.41) is 2.91. The van der Waals surface area contributed by atoms with Gasteiger partial charge in [0.15, 0.2) is 5.11 Å². The van der Waals surface area contributed by atoms with E-state index >= 15 is 0 Å². The number of thiocarbonyl (C=S) groups is 1. The van der Waals surface area contributed by atoms with E-state index in [9.17, 15) is 9.59 Å². The molecule has 0 spiro atoms. The van der Waals surface area contributed by atoms with Crippen LogP contribution in [-0.2, 0) is 0 Å². The number of rotatable bonds is 5. The maximum Gasteiger partial charge on any atom is 0.269 e. The van der Waals surface area contributed by atoms with Gasteiger partial charge in [-0.2, -0.15) is 0 Å². The summed E-state index contributed by atoms with van der Waals surface area (Å²) >= 11 is 16.7. The molecule has 0 atom stereocenters. The van der Waals surface area contributed by atoms with Gasteiger partial charge in [0, 0.05) is 10.6 Å². The van der Waals surface area contributed by atoms with Crippen molar-refractivity contribution >= 4 is 52.3 Å². The van der Waals surface area contributed by atoms with Crippen LogP contribution in [0, 0.1) is 0 Å². The highest BCUT2D eigenvalue weighted by Crippen LogP contribution is 2.20. The van der Waals surface area contributed by atoms with Crippen molar-refractivity contribution in [1.82, 2.24) is 16.2 Å². The first-order valence-corrected chi connectivity index (χ1v) is 8.77. The van der Waals surface area contributed by atoms with Gasteiger partial charge in [0.2, 0.25) is 0 Å². The average Bonchev–Trinajstić information content (AvgIpc) is 2.64. The van der Waals surface area contributed by atoms with Crippen LogP contribution in [0.2, 0.25) is 10.0 Å². The predicted molar refractivity (Wildman–Crippen MR) is 109 cm³/mol. The average molecular weight is 424 g/mol. The third-order valence-corrected chi connectivity index (χ3v) is 3.93. The molecular weight excluding hydrogens is 409 g/mol. The van der Waals surface area contributed by atoms with Gasteiger partial charge in [0.25, 0.3) is 11.8 Å². The van der Waals surface area contributed by atoms with Crippen molar-refractivity contribution in [2.45, 2.75) is 0 Å². The Morgan fingerprint density at radius 3 is 2.41 bits per heavy atom. The quantitative estimate of drug-likeness (QED) is 0.389. The minimum atomic E-state index is -0.535. The van der Waals surface area contributed by atoms with Crippen LogP contribution in [0.15, 0.2) is 55.1 Å². The van der Waals surface area contributed by atoms with Gasteiger partial charge >= 0.3 is 0 Å². The molecular formula is C18H15Cl2N3O3S. The van der Waals surface area contributed by atoms with Crippen LogP contribution in [0.5, 0.6) is 5.75 Å². The molecule has 140 valence electrons. The summed E-state index contributed by atoms with van der Waals surface area (Å²) in [5.74, 6) is -0.361. The maximum atomic E-state index is 12.1. The minimum Gasteiger partial charge on any atom is -0.490 e. The van der Waals surface area contributed by atoms with Crippen LogP contribution < -0.4 is 20.9 Å². The van der Waals surface area contributed by atoms with Gasteiger partial charge in [-0.3, -0.25) is 25.8 Å². The first-order chi connectivity index (χ1) is 12.9. The van der Waals surface area contributed by atoms with Gasteiger partial charge in [-0.25, -0.2) is 0 Å². The molecule has 2 aromatic carbocycles.